The average Bonchev–Trinajstić information content (AvgIpc) is 3.13. The van der Waals surface area contributed by atoms with Crippen molar-refractivity contribution >= 4 is 17.7 Å². The Morgan fingerprint density at radius 1 is 1.37 bits per heavy atom. The standard InChI is InChI=1S/C19H33N5O2S/c1-4-20-18(21-15-19(27-5-2)6-9-25-10-7-19)24-8-11-26-17(14-24)16-12-22-23(3)13-16/h12-13,17H,4-11,14-15H2,1-3H3,(H,20,21). The molecule has 0 bridgehead atoms. The zero-order valence-electron chi connectivity index (χ0n) is 16.8. The van der Waals surface area contributed by atoms with Crippen molar-refractivity contribution < 1.29 is 9.47 Å². The highest BCUT2D eigenvalue weighted by Gasteiger charge is 2.33. The lowest BCUT2D eigenvalue weighted by Crippen LogP contribution is -2.49. The molecule has 1 atom stereocenters. The summed E-state index contributed by atoms with van der Waals surface area (Å²) in [5.74, 6) is 2.12. The molecule has 0 saturated carbocycles. The zero-order chi connectivity index (χ0) is 19.1. The van der Waals surface area contributed by atoms with Crippen molar-refractivity contribution in [1.82, 2.24) is 20.0 Å². The van der Waals surface area contributed by atoms with Gasteiger partial charge in [0, 0.05) is 49.9 Å². The molecule has 3 heterocycles. The fourth-order valence-corrected chi connectivity index (χ4v) is 4.92. The minimum absolute atomic E-state index is 0.0402. The molecule has 2 fully saturated rings. The minimum atomic E-state index is 0.0402. The molecule has 0 aromatic carbocycles. The molecule has 0 aliphatic carbocycles. The van der Waals surface area contributed by atoms with Crippen LogP contribution in [0.4, 0.5) is 0 Å². The Morgan fingerprint density at radius 2 is 2.19 bits per heavy atom. The highest BCUT2D eigenvalue weighted by atomic mass is 32.2. The molecule has 1 unspecified atom stereocenters. The second-order valence-electron chi connectivity index (χ2n) is 7.15. The Kier molecular flexibility index (Phi) is 7.43. The summed E-state index contributed by atoms with van der Waals surface area (Å²) in [6.07, 6.45) is 6.13. The van der Waals surface area contributed by atoms with Crippen LogP contribution in [0.1, 0.15) is 38.4 Å². The topological polar surface area (TPSA) is 63.9 Å². The Hall–Kier alpha value is -1.25. The van der Waals surface area contributed by atoms with Crippen LogP contribution in [0, 0.1) is 0 Å². The van der Waals surface area contributed by atoms with Crippen molar-refractivity contribution in [2.75, 3.05) is 51.8 Å². The fourth-order valence-electron chi connectivity index (χ4n) is 3.69. The molecule has 2 saturated heterocycles. The lowest BCUT2D eigenvalue weighted by molar-refractivity contribution is -0.00808. The van der Waals surface area contributed by atoms with Crippen LogP contribution >= 0.6 is 11.8 Å². The summed E-state index contributed by atoms with van der Waals surface area (Å²) >= 11 is 2.04. The highest BCUT2D eigenvalue weighted by Crippen LogP contribution is 2.35. The molecule has 7 nitrogen and oxygen atoms in total. The molecule has 1 N–H and O–H groups in total. The van der Waals surface area contributed by atoms with Gasteiger partial charge in [0.15, 0.2) is 5.96 Å². The molecule has 1 aromatic rings. The van der Waals surface area contributed by atoms with E-state index in [-0.39, 0.29) is 10.9 Å². The van der Waals surface area contributed by atoms with E-state index >= 15 is 0 Å². The zero-order valence-corrected chi connectivity index (χ0v) is 17.6. The maximum atomic E-state index is 5.99. The lowest BCUT2D eigenvalue weighted by Gasteiger charge is -2.37. The van der Waals surface area contributed by atoms with Crippen LogP contribution in [-0.4, -0.2) is 77.1 Å². The molecular formula is C19H33N5O2S. The van der Waals surface area contributed by atoms with Crippen LogP contribution in [-0.2, 0) is 16.5 Å². The monoisotopic (exact) mass is 395 g/mol. The first kappa shape index (κ1) is 20.5. The van der Waals surface area contributed by atoms with Gasteiger partial charge in [-0.1, -0.05) is 6.92 Å². The van der Waals surface area contributed by atoms with Crippen LogP contribution in [0.3, 0.4) is 0 Å². The number of guanidine groups is 1. The number of aryl methyl sites for hydroxylation is 1. The number of nitrogens with zero attached hydrogens (tertiary/aromatic N) is 4. The van der Waals surface area contributed by atoms with Crippen LogP contribution in [0.25, 0.3) is 0 Å². The third-order valence-corrected chi connectivity index (χ3v) is 6.61. The van der Waals surface area contributed by atoms with Crippen molar-refractivity contribution in [3.8, 4) is 0 Å². The first-order valence-corrected chi connectivity index (χ1v) is 11.0. The second-order valence-corrected chi connectivity index (χ2v) is 8.88. The normalized spacial score (nSPS) is 23.4. The van der Waals surface area contributed by atoms with Gasteiger partial charge in [-0.2, -0.15) is 16.9 Å². The summed E-state index contributed by atoms with van der Waals surface area (Å²) in [6, 6.07) is 0. The number of rotatable bonds is 6. The molecule has 0 amide bonds. The predicted octanol–water partition coefficient (Wildman–Crippen LogP) is 2.06. The van der Waals surface area contributed by atoms with Crippen LogP contribution in [0.15, 0.2) is 17.4 Å². The minimum Gasteiger partial charge on any atom is -0.381 e. The van der Waals surface area contributed by atoms with Gasteiger partial charge in [-0.3, -0.25) is 9.67 Å². The Morgan fingerprint density at radius 3 is 2.85 bits per heavy atom. The molecule has 0 spiro atoms. The SMILES string of the molecule is CCNC(=NCC1(SCC)CCOCC1)N1CCOC(c2cnn(C)c2)C1. The van der Waals surface area contributed by atoms with Gasteiger partial charge in [-0.05, 0) is 25.5 Å². The summed E-state index contributed by atoms with van der Waals surface area (Å²) in [4.78, 5) is 7.39. The Balaban J connectivity index is 1.70. The van der Waals surface area contributed by atoms with Crippen LogP contribution in [0.5, 0.6) is 0 Å². The molecule has 152 valence electrons. The Labute approximate surface area is 166 Å². The van der Waals surface area contributed by atoms with E-state index in [9.17, 15) is 0 Å². The molecule has 0 radical (unpaired) electrons. The van der Waals surface area contributed by atoms with Crippen molar-refractivity contribution in [2.45, 2.75) is 37.5 Å². The fraction of sp³-hybridized carbons (Fsp3) is 0.789. The number of morpholine rings is 1. The largest absolute Gasteiger partial charge is 0.381 e. The maximum Gasteiger partial charge on any atom is 0.194 e. The maximum absolute atomic E-state index is 5.99. The highest BCUT2D eigenvalue weighted by molar-refractivity contribution is 8.00. The number of hydrogen-bond acceptors (Lipinski definition) is 5. The second kappa shape index (κ2) is 9.80. The van der Waals surface area contributed by atoms with E-state index in [1.807, 2.05) is 35.9 Å². The molecule has 27 heavy (non-hydrogen) atoms. The number of aliphatic imine (C=N–C) groups is 1. The van der Waals surface area contributed by atoms with Crippen molar-refractivity contribution in [3.63, 3.8) is 0 Å². The van der Waals surface area contributed by atoms with E-state index in [2.05, 4.69) is 29.2 Å². The summed E-state index contributed by atoms with van der Waals surface area (Å²) in [7, 11) is 1.94. The van der Waals surface area contributed by atoms with Gasteiger partial charge in [-0.15, -0.1) is 0 Å². The number of thioether (sulfide) groups is 1. The summed E-state index contributed by atoms with van der Waals surface area (Å²) in [5, 5.41) is 7.77. The number of hydrogen-bond donors (Lipinski definition) is 1. The Bertz CT molecular complexity index is 609. The van der Waals surface area contributed by atoms with E-state index in [0.717, 1.165) is 69.5 Å². The van der Waals surface area contributed by atoms with Crippen molar-refractivity contribution in [1.29, 1.82) is 0 Å². The third-order valence-electron chi connectivity index (χ3n) is 5.17. The van der Waals surface area contributed by atoms with Gasteiger partial charge in [0.2, 0.25) is 0 Å². The van der Waals surface area contributed by atoms with Gasteiger partial charge in [-0.25, -0.2) is 0 Å². The average molecular weight is 396 g/mol. The smallest absolute Gasteiger partial charge is 0.194 e. The van der Waals surface area contributed by atoms with Gasteiger partial charge < -0.3 is 19.7 Å². The van der Waals surface area contributed by atoms with Crippen molar-refractivity contribution in [2.24, 2.45) is 12.0 Å². The van der Waals surface area contributed by atoms with Crippen LogP contribution in [0.2, 0.25) is 0 Å². The summed E-state index contributed by atoms with van der Waals surface area (Å²) in [6.45, 7) is 10.1. The number of nitrogens with one attached hydrogen (secondary N) is 1. The third kappa shape index (κ3) is 5.39. The van der Waals surface area contributed by atoms with E-state index in [1.165, 1.54) is 0 Å². The van der Waals surface area contributed by atoms with E-state index in [1.54, 1.807) is 0 Å². The summed E-state index contributed by atoms with van der Waals surface area (Å²) in [5.41, 5.74) is 1.13. The molecule has 1 aromatic heterocycles. The summed E-state index contributed by atoms with van der Waals surface area (Å²) < 4.78 is 13.6. The van der Waals surface area contributed by atoms with Crippen LogP contribution < -0.4 is 5.32 Å². The molecule has 8 heteroatoms. The number of ether oxygens (including phenoxy) is 2. The van der Waals surface area contributed by atoms with Gasteiger partial charge >= 0.3 is 0 Å². The van der Waals surface area contributed by atoms with Crippen molar-refractivity contribution in [3.05, 3.63) is 18.0 Å². The molecule has 3 rings (SSSR count). The quantitative estimate of drug-likeness (QED) is 0.588. The lowest BCUT2D eigenvalue weighted by atomic mass is 9.99. The van der Waals surface area contributed by atoms with E-state index in [0.29, 0.717) is 6.61 Å². The van der Waals surface area contributed by atoms with E-state index < -0.39 is 0 Å². The first-order chi connectivity index (χ1) is 13.2. The van der Waals surface area contributed by atoms with E-state index in [4.69, 9.17) is 14.5 Å². The van der Waals surface area contributed by atoms with Gasteiger partial charge in [0.25, 0.3) is 0 Å². The van der Waals surface area contributed by atoms with Gasteiger partial charge in [0.1, 0.15) is 6.10 Å². The molecule has 2 aliphatic rings. The molecule has 2 aliphatic heterocycles. The van der Waals surface area contributed by atoms with Gasteiger partial charge in [0.05, 0.1) is 25.9 Å². The number of aromatic nitrogens is 2. The first-order valence-electron chi connectivity index (χ1n) is 10.0. The molecular weight excluding hydrogens is 362 g/mol. The predicted molar refractivity (Wildman–Crippen MR) is 110 cm³/mol.